The zero-order valence-corrected chi connectivity index (χ0v) is 22.5. The summed E-state index contributed by atoms with van der Waals surface area (Å²) in [5.41, 5.74) is 36.2. The average molecular weight is 524 g/mol. The number of hydrogen-bond acceptors (Lipinski definition) is 7. The van der Waals surface area contributed by atoms with Gasteiger partial charge < -0.3 is 16.2 Å². The number of methoxy groups -OCH3 is 1. The largest absolute Gasteiger partial charge is 0.495 e. The molecule has 0 amide bonds. The lowest BCUT2D eigenvalue weighted by molar-refractivity contribution is 0.0972. The van der Waals surface area contributed by atoms with Crippen molar-refractivity contribution < 1.29 is 9.53 Å². The summed E-state index contributed by atoms with van der Waals surface area (Å²) in [5.74, 6) is -0.971. The number of nitrogens with two attached hydrogens (primary N) is 5. The van der Waals surface area contributed by atoms with Gasteiger partial charge in [-0.1, -0.05) is 72.3 Å². The minimum Gasteiger partial charge on any atom is -0.495 e. The molecule has 39 heavy (non-hydrogen) atoms. The number of rotatable bonds is 10. The second-order valence-electron chi connectivity index (χ2n) is 10.3. The number of ketones is 1. The summed E-state index contributed by atoms with van der Waals surface area (Å²) < 4.78 is 5.61. The Hall–Kier alpha value is -4.17. The molecule has 10 N–H and O–H groups in total. The summed E-state index contributed by atoms with van der Waals surface area (Å²) in [7, 11) is 1.59. The smallest absolute Gasteiger partial charge is 0.162 e. The third-order valence-corrected chi connectivity index (χ3v) is 7.25. The first kappa shape index (κ1) is 27.9. The standard InChI is InChI=1S/C32H37N5O2/c1-21-15-25(18-26(16-21)32(35,36)37)31(20-22-7-4-3-5-8-22,24-11-12-28(34)30(19-24)39-2)14-13-29(38)23-9-6-10-27(33)17-23/h3-12,15-19H,13-14,20,33-37H2,1-2H3/t31-/m0/s1. The van der Waals surface area contributed by atoms with E-state index in [1.165, 1.54) is 0 Å². The highest BCUT2D eigenvalue weighted by molar-refractivity contribution is 5.96. The van der Waals surface area contributed by atoms with Crippen molar-refractivity contribution in [2.75, 3.05) is 18.6 Å². The summed E-state index contributed by atoms with van der Waals surface area (Å²) in [4.78, 5) is 13.5. The molecule has 0 bridgehead atoms. The maximum Gasteiger partial charge on any atom is 0.162 e. The maximum absolute atomic E-state index is 13.5. The Bertz CT molecular complexity index is 1460. The molecular weight excluding hydrogens is 486 g/mol. The molecule has 0 aliphatic rings. The van der Waals surface area contributed by atoms with E-state index in [1.807, 2.05) is 55.5 Å². The monoisotopic (exact) mass is 523 g/mol. The van der Waals surface area contributed by atoms with Crippen LogP contribution in [0.15, 0.2) is 91.0 Å². The molecule has 0 saturated carbocycles. The van der Waals surface area contributed by atoms with Gasteiger partial charge in [0.25, 0.3) is 0 Å². The highest BCUT2D eigenvalue weighted by Gasteiger charge is 2.37. The molecule has 0 aromatic heterocycles. The minimum atomic E-state index is -1.53. The molecule has 0 aliphatic carbocycles. The zero-order valence-electron chi connectivity index (χ0n) is 22.5. The number of carbonyl (C=O) groups is 1. The van der Waals surface area contributed by atoms with Gasteiger partial charge in [0.1, 0.15) is 11.5 Å². The summed E-state index contributed by atoms with van der Waals surface area (Å²) in [5, 5.41) is 0. The van der Waals surface area contributed by atoms with E-state index in [0.29, 0.717) is 41.1 Å². The Kier molecular flexibility index (Phi) is 8.06. The third kappa shape index (κ3) is 6.29. The fourth-order valence-electron chi connectivity index (χ4n) is 5.19. The normalized spacial score (nSPS) is 13.1. The molecule has 0 unspecified atom stereocenters. The maximum atomic E-state index is 13.5. The summed E-state index contributed by atoms with van der Waals surface area (Å²) in [6.45, 7) is 1.98. The van der Waals surface area contributed by atoms with Crippen LogP contribution in [0.2, 0.25) is 0 Å². The molecule has 202 valence electrons. The van der Waals surface area contributed by atoms with Crippen LogP contribution in [0.3, 0.4) is 0 Å². The highest BCUT2D eigenvalue weighted by atomic mass is 16.5. The number of hydrogen-bond donors (Lipinski definition) is 5. The van der Waals surface area contributed by atoms with Gasteiger partial charge in [-0.25, -0.2) is 0 Å². The van der Waals surface area contributed by atoms with Gasteiger partial charge in [0.2, 0.25) is 0 Å². The minimum absolute atomic E-state index is 0.000782. The molecule has 1 atom stereocenters. The molecule has 7 heteroatoms. The topological polar surface area (TPSA) is 156 Å². The first-order chi connectivity index (χ1) is 18.5. The van der Waals surface area contributed by atoms with Gasteiger partial charge in [-0.2, -0.15) is 0 Å². The molecule has 0 spiro atoms. The van der Waals surface area contributed by atoms with E-state index in [0.717, 1.165) is 22.3 Å². The van der Waals surface area contributed by atoms with Crippen LogP contribution in [0.25, 0.3) is 0 Å². The van der Waals surface area contributed by atoms with Gasteiger partial charge in [0.05, 0.1) is 12.8 Å². The van der Waals surface area contributed by atoms with Crippen molar-refractivity contribution in [3.63, 3.8) is 0 Å². The first-order valence-electron chi connectivity index (χ1n) is 12.9. The number of nitrogen functional groups attached to an aromatic ring is 2. The van der Waals surface area contributed by atoms with E-state index >= 15 is 0 Å². The van der Waals surface area contributed by atoms with Crippen molar-refractivity contribution in [1.82, 2.24) is 0 Å². The molecule has 0 heterocycles. The van der Waals surface area contributed by atoms with Crippen LogP contribution >= 0.6 is 0 Å². The van der Waals surface area contributed by atoms with Crippen molar-refractivity contribution in [2.45, 2.75) is 37.4 Å². The van der Waals surface area contributed by atoms with E-state index in [-0.39, 0.29) is 12.2 Å². The van der Waals surface area contributed by atoms with E-state index < -0.39 is 11.2 Å². The van der Waals surface area contributed by atoms with Crippen LogP contribution in [-0.4, -0.2) is 12.9 Å². The Labute approximate surface area is 229 Å². The fourth-order valence-corrected chi connectivity index (χ4v) is 5.19. The van der Waals surface area contributed by atoms with E-state index in [1.54, 1.807) is 31.4 Å². The van der Waals surface area contributed by atoms with Crippen molar-refractivity contribution >= 4 is 17.2 Å². The van der Waals surface area contributed by atoms with Crippen LogP contribution in [0.4, 0.5) is 11.4 Å². The molecule has 0 aliphatic heterocycles. The van der Waals surface area contributed by atoms with Crippen LogP contribution in [0, 0.1) is 6.92 Å². The van der Waals surface area contributed by atoms with Crippen molar-refractivity contribution in [2.24, 2.45) is 17.2 Å². The Morgan fingerprint density at radius 3 is 2.18 bits per heavy atom. The Balaban J connectivity index is 1.94. The summed E-state index contributed by atoms with van der Waals surface area (Å²) in [6.07, 6.45) is 1.35. The lowest BCUT2D eigenvalue weighted by Crippen LogP contribution is -2.54. The molecule has 0 radical (unpaired) electrons. The van der Waals surface area contributed by atoms with E-state index in [4.69, 9.17) is 33.4 Å². The second kappa shape index (κ2) is 11.3. The second-order valence-corrected chi connectivity index (χ2v) is 10.3. The van der Waals surface area contributed by atoms with Gasteiger partial charge in [-0.15, -0.1) is 0 Å². The van der Waals surface area contributed by atoms with Gasteiger partial charge in [0, 0.05) is 28.7 Å². The number of anilines is 2. The van der Waals surface area contributed by atoms with Crippen LogP contribution in [-0.2, 0) is 17.6 Å². The van der Waals surface area contributed by atoms with Crippen molar-refractivity contribution in [3.05, 3.63) is 124 Å². The predicted octanol–water partition coefficient (Wildman–Crippen LogP) is 4.35. The quantitative estimate of drug-likeness (QED) is 0.117. The predicted molar refractivity (Wildman–Crippen MR) is 158 cm³/mol. The molecule has 4 rings (SSSR count). The Morgan fingerprint density at radius 2 is 1.51 bits per heavy atom. The molecule has 4 aromatic rings. The van der Waals surface area contributed by atoms with Gasteiger partial charge in [0.15, 0.2) is 5.78 Å². The van der Waals surface area contributed by atoms with E-state index in [2.05, 4.69) is 18.2 Å². The fraction of sp³-hybridized carbons (Fsp3) is 0.219. The van der Waals surface area contributed by atoms with Crippen LogP contribution < -0.4 is 33.4 Å². The molecular formula is C32H37N5O2. The highest BCUT2D eigenvalue weighted by Crippen LogP contribution is 2.43. The Morgan fingerprint density at radius 1 is 0.795 bits per heavy atom. The first-order valence-corrected chi connectivity index (χ1v) is 12.9. The van der Waals surface area contributed by atoms with Gasteiger partial charge in [-0.05, 0) is 60.7 Å². The number of aryl methyl sites for hydroxylation is 1. The van der Waals surface area contributed by atoms with Gasteiger partial charge in [-0.3, -0.25) is 22.0 Å². The number of Topliss-reactive ketones (excluding diaryl/α,β-unsaturated/α-hetero) is 1. The number of ether oxygens (including phenoxy) is 1. The molecule has 4 aromatic carbocycles. The number of benzene rings is 4. The van der Waals surface area contributed by atoms with Crippen LogP contribution in [0.5, 0.6) is 5.75 Å². The lowest BCUT2D eigenvalue weighted by atomic mass is 9.66. The van der Waals surface area contributed by atoms with Crippen molar-refractivity contribution in [1.29, 1.82) is 0 Å². The average Bonchev–Trinajstić information content (AvgIpc) is 2.91. The van der Waals surface area contributed by atoms with Crippen molar-refractivity contribution in [3.8, 4) is 5.75 Å². The molecule has 7 nitrogen and oxygen atoms in total. The SMILES string of the molecule is COc1cc([C@](CCC(=O)c2cccc(N)c2)(Cc2ccccc2)c2cc(C)cc(C(N)(N)N)c2)ccc1N. The summed E-state index contributed by atoms with van der Waals surface area (Å²) >= 11 is 0. The van der Waals surface area contributed by atoms with Crippen LogP contribution in [0.1, 0.15) is 51.0 Å². The summed E-state index contributed by atoms with van der Waals surface area (Å²) in [6, 6.07) is 28.9. The number of carbonyl (C=O) groups excluding carboxylic acids is 1. The van der Waals surface area contributed by atoms with Gasteiger partial charge >= 0.3 is 0 Å². The molecule has 0 fully saturated rings. The zero-order chi connectivity index (χ0) is 28.2. The third-order valence-electron chi connectivity index (χ3n) is 7.25. The lowest BCUT2D eigenvalue weighted by Gasteiger charge is -2.37. The van der Waals surface area contributed by atoms with E-state index in [9.17, 15) is 4.79 Å². The molecule has 0 saturated heterocycles.